The summed E-state index contributed by atoms with van der Waals surface area (Å²) in [7, 11) is 1.53. The molecule has 4 nitrogen and oxygen atoms in total. The molecule has 13 heavy (non-hydrogen) atoms. The van der Waals surface area contributed by atoms with Crippen molar-refractivity contribution in [1.82, 2.24) is 10.4 Å². The lowest BCUT2D eigenvalue weighted by Crippen LogP contribution is -2.46. The molecule has 1 amide bonds. The Bertz CT molecular complexity index is 167. The highest BCUT2D eigenvalue weighted by molar-refractivity contribution is 5.81. The molecule has 0 bridgehead atoms. The smallest absolute Gasteiger partial charge is 0.241 e. The summed E-state index contributed by atoms with van der Waals surface area (Å²) < 4.78 is 0. The van der Waals surface area contributed by atoms with E-state index in [9.17, 15) is 4.79 Å². The zero-order chi connectivity index (χ0) is 9.68. The van der Waals surface area contributed by atoms with E-state index in [1.54, 1.807) is 0 Å². The van der Waals surface area contributed by atoms with Crippen LogP contribution in [0.5, 0.6) is 0 Å². The quantitative estimate of drug-likeness (QED) is 0.654. The summed E-state index contributed by atoms with van der Waals surface area (Å²) >= 11 is 0. The highest BCUT2D eigenvalue weighted by Gasteiger charge is 2.21. The molecule has 0 saturated carbocycles. The zero-order valence-corrected chi connectivity index (χ0v) is 8.38. The first-order chi connectivity index (χ1) is 6.25. The maximum Gasteiger partial charge on any atom is 0.241 e. The first-order valence-electron chi connectivity index (χ1n) is 4.83. The van der Waals surface area contributed by atoms with Crippen molar-refractivity contribution in [2.75, 3.05) is 20.2 Å². The number of rotatable bonds is 3. The Morgan fingerprint density at radius 3 is 2.54 bits per heavy atom. The summed E-state index contributed by atoms with van der Waals surface area (Å²) in [6.45, 7) is 3.61. The molecule has 0 radical (unpaired) electrons. The van der Waals surface area contributed by atoms with Gasteiger partial charge in [0.15, 0.2) is 0 Å². The predicted octanol–water partition coefficient (Wildman–Crippen LogP) is 0.538. The summed E-state index contributed by atoms with van der Waals surface area (Å²) in [6, 6.07) is -0.233. The van der Waals surface area contributed by atoms with Gasteiger partial charge in [-0.3, -0.25) is 4.79 Å². The molecule has 76 valence electrons. The van der Waals surface area contributed by atoms with Gasteiger partial charge in [-0.2, -0.15) is 5.48 Å². The van der Waals surface area contributed by atoms with E-state index in [2.05, 4.69) is 5.48 Å². The van der Waals surface area contributed by atoms with Crippen LogP contribution >= 0.6 is 0 Å². The SMILES string of the molecule is CONC(C)C(=O)N1CCCCC1. The number of hydrogen-bond donors (Lipinski definition) is 1. The van der Waals surface area contributed by atoms with Crippen LogP contribution in [0.3, 0.4) is 0 Å². The van der Waals surface area contributed by atoms with Crippen LogP contribution in [0.15, 0.2) is 0 Å². The molecule has 1 atom stereocenters. The van der Waals surface area contributed by atoms with Crippen molar-refractivity contribution in [1.29, 1.82) is 0 Å². The Hall–Kier alpha value is -0.610. The molecule has 1 heterocycles. The number of likely N-dealkylation sites (tertiary alicyclic amines) is 1. The van der Waals surface area contributed by atoms with Crippen molar-refractivity contribution in [2.45, 2.75) is 32.2 Å². The van der Waals surface area contributed by atoms with Crippen molar-refractivity contribution in [3.63, 3.8) is 0 Å². The number of amides is 1. The number of piperidine rings is 1. The van der Waals surface area contributed by atoms with E-state index in [1.165, 1.54) is 13.5 Å². The topological polar surface area (TPSA) is 41.6 Å². The fourth-order valence-corrected chi connectivity index (χ4v) is 1.62. The summed E-state index contributed by atoms with van der Waals surface area (Å²) in [4.78, 5) is 18.3. The number of nitrogens with zero attached hydrogens (tertiary/aromatic N) is 1. The monoisotopic (exact) mass is 186 g/mol. The summed E-state index contributed by atoms with van der Waals surface area (Å²) in [5, 5.41) is 0. The lowest BCUT2D eigenvalue weighted by atomic mass is 10.1. The highest BCUT2D eigenvalue weighted by atomic mass is 16.6. The van der Waals surface area contributed by atoms with Crippen LogP contribution in [-0.4, -0.2) is 37.0 Å². The summed E-state index contributed by atoms with van der Waals surface area (Å²) in [5.41, 5.74) is 2.65. The van der Waals surface area contributed by atoms with Crippen LogP contribution in [0, 0.1) is 0 Å². The van der Waals surface area contributed by atoms with E-state index in [0.717, 1.165) is 25.9 Å². The Labute approximate surface area is 79.2 Å². The van der Waals surface area contributed by atoms with Crippen molar-refractivity contribution in [3.8, 4) is 0 Å². The molecule has 1 aliphatic rings. The minimum Gasteiger partial charge on any atom is -0.341 e. The number of carbonyl (C=O) groups excluding carboxylic acids is 1. The number of hydroxylamine groups is 1. The van der Waals surface area contributed by atoms with Gasteiger partial charge in [-0.25, -0.2) is 0 Å². The van der Waals surface area contributed by atoms with E-state index < -0.39 is 0 Å². The first-order valence-corrected chi connectivity index (χ1v) is 4.83. The van der Waals surface area contributed by atoms with Gasteiger partial charge in [-0.1, -0.05) is 0 Å². The van der Waals surface area contributed by atoms with Gasteiger partial charge in [0.25, 0.3) is 0 Å². The third-order valence-electron chi connectivity index (χ3n) is 2.33. The molecule has 1 unspecified atom stereocenters. The second-order valence-corrected chi connectivity index (χ2v) is 3.43. The van der Waals surface area contributed by atoms with Gasteiger partial charge in [-0.15, -0.1) is 0 Å². The molecular weight excluding hydrogens is 168 g/mol. The molecule has 1 rings (SSSR count). The van der Waals surface area contributed by atoms with Crippen LogP contribution in [-0.2, 0) is 9.63 Å². The van der Waals surface area contributed by atoms with E-state index >= 15 is 0 Å². The molecule has 0 aromatic rings. The van der Waals surface area contributed by atoms with Crippen LogP contribution in [0.2, 0.25) is 0 Å². The average molecular weight is 186 g/mol. The molecule has 0 spiro atoms. The zero-order valence-electron chi connectivity index (χ0n) is 8.38. The first kappa shape index (κ1) is 10.5. The minimum absolute atomic E-state index is 0.140. The molecule has 1 saturated heterocycles. The van der Waals surface area contributed by atoms with E-state index in [-0.39, 0.29) is 11.9 Å². The van der Waals surface area contributed by atoms with Gasteiger partial charge in [-0.05, 0) is 26.2 Å². The Morgan fingerprint density at radius 2 is 2.00 bits per heavy atom. The van der Waals surface area contributed by atoms with Crippen LogP contribution in [0.1, 0.15) is 26.2 Å². The number of carbonyl (C=O) groups is 1. The maximum atomic E-state index is 11.7. The second-order valence-electron chi connectivity index (χ2n) is 3.43. The maximum absolute atomic E-state index is 11.7. The van der Waals surface area contributed by atoms with Crippen molar-refractivity contribution in [3.05, 3.63) is 0 Å². The fraction of sp³-hybridized carbons (Fsp3) is 0.889. The third-order valence-corrected chi connectivity index (χ3v) is 2.33. The Morgan fingerprint density at radius 1 is 1.38 bits per heavy atom. The van der Waals surface area contributed by atoms with Crippen LogP contribution < -0.4 is 5.48 Å². The molecule has 0 aromatic carbocycles. The van der Waals surface area contributed by atoms with Crippen molar-refractivity contribution in [2.24, 2.45) is 0 Å². The van der Waals surface area contributed by atoms with Gasteiger partial charge in [0.05, 0.1) is 7.11 Å². The second kappa shape index (κ2) is 5.19. The Kier molecular flexibility index (Phi) is 4.18. The standard InChI is InChI=1S/C9H18N2O2/c1-8(10-13-2)9(12)11-6-4-3-5-7-11/h8,10H,3-7H2,1-2H3. The lowest BCUT2D eigenvalue weighted by molar-refractivity contribution is -0.137. The average Bonchev–Trinajstić information content (AvgIpc) is 2.18. The van der Waals surface area contributed by atoms with Gasteiger partial charge < -0.3 is 9.74 Å². The van der Waals surface area contributed by atoms with Gasteiger partial charge in [0, 0.05) is 13.1 Å². The Balaban J connectivity index is 2.36. The minimum atomic E-state index is -0.233. The van der Waals surface area contributed by atoms with Gasteiger partial charge >= 0.3 is 0 Å². The van der Waals surface area contributed by atoms with Gasteiger partial charge in [0.1, 0.15) is 6.04 Å². The third kappa shape index (κ3) is 2.97. The molecule has 0 aromatic heterocycles. The highest BCUT2D eigenvalue weighted by Crippen LogP contribution is 2.09. The molecule has 1 N–H and O–H groups in total. The molecular formula is C9H18N2O2. The lowest BCUT2D eigenvalue weighted by Gasteiger charge is -2.29. The van der Waals surface area contributed by atoms with E-state index in [4.69, 9.17) is 4.84 Å². The molecule has 1 aliphatic heterocycles. The van der Waals surface area contributed by atoms with Crippen LogP contribution in [0.4, 0.5) is 0 Å². The predicted molar refractivity (Wildman–Crippen MR) is 50.0 cm³/mol. The van der Waals surface area contributed by atoms with Crippen molar-refractivity contribution >= 4 is 5.91 Å². The largest absolute Gasteiger partial charge is 0.341 e. The van der Waals surface area contributed by atoms with Crippen molar-refractivity contribution < 1.29 is 9.63 Å². The molecule has 4 heteroatoms. The van der Waals surface area contributed by atoms with Gasteiger partial charge in [0.2, 0.25) is 5.91 Å². The normalized spacial score (nSPS) is 20.0. The van der Waals surface area contributed by atoms with E-state index in [1.807, 2.05) is 11.8 Å². The fourth-order valence-electron chi connectivity index (χ4n) is 1.62. The molecule has 0 aliphatic carbocycles. The number of hydrogen-bond acceptors (Lipinski definition) is 3. The molecule has 1 fully saturated rings. The number of nitrogens with one attached hydrogen (secondary N) is 1. The van der Waals surface area contributed by atoms with Crippen LogP contribution in [0.25, 0.3) is 0 Å². The van der Waals surface area contributed by atoms with E-state index in [0.29, 0.717) is 0 Å². The summed E-state index contributed by atoms with van der Waals surface area (Å²) in [6.07, 6.45) is 3.51. The summed E-state index contributed by atoms with van der Waals surface area (Å²) in [5.74, 6) is 0.140.